The van der Waals surface area contributed by atoms with Crippen LogP contribution in [0.25, 0.3) is 0 Å². The van der Waals surface area contributed by atoms with Crippen LogP contribution in [0.3, 0.4) is 0 Å². The summed E-state index contributed by atoms with van der Waals surface area (Å²) in [5.74, 6) is -5.60. The number of amides is 1. The van der Waals surface area contributed by atoms with Gasteiger partial charge in [0.25, 0.3) is 11.7 Å². The van der Waals surface area contributed by atoms with E-state index in [2.05, 4.69) is 26.5 Å². The van der Waals surface area contributed by atoms with Gasteiger partial charge in [0.15, 0.2) is 5.78 Å². The molecule has 56 heavy (non-hydrogen) atoms. The second-order valence-electron chi connectivity index (χ2n) is 17.3. The minimum absolute atomic E-state index is 0.00354. The van der Waals surface area contributed by atoms with E-state index in [4.69, 9.17) is 23.7 Å². The van der Waals surface area contributed by atoms with Gasteiger partial charge in [0.05, 0.1) is 55.4 Å². The van der Waals surface area contributed by atoms with Crippen molar-refractivity contribution in [3.8, 4) is 0 Å². The summed E-state index contributed by atoms with van der Waals surface area (Å²) < 4.78 is 30.3. The number of fused-ring (bicyclic) bond motifs is 3. The van der Waals surface area contributed by atoms with Crippen LogP contribution in [0.2, 0.25) is 0 Å². The number of piperidine rings is 1. The number of carbonyl (C=O) groups excluding carboxylic acids is 3. The average Bonchev–Trinajstić information content (AvgIpc) is 3.17. The molecule has 1 amide bonds. The summed E-state index contributed by atoms with van der Waals surface area (Å²) in [5.41, 5.74) is 1.47. The molecule has 3 fully saturated rings. The van der Waals surface area contributed by atoms with Gasteiger partial charge >= 0.3 is 0 Å². The largest absolute Gasteiger partial charge is 0.392 e. The van der Waals surface area contributed by atoms with Crippen LogP contribution < -0.4 is 0 Å². The van der Waals surface area contributed by atoms with E-state index in [1.165, 1.54) is 12.0 Å². The van der Waals surface area contributed by atoms with Gasteiger partial charge in [0.2, 0.25) is 5.79 Å². The Kier molecular flexibility index (Phi) is 17.5. The highest BCUT2D eigenvalue weighted by atomic mass is 16.7. The van der Waals surface area contributed by atoms with Gasteiger partial charge in [-0.3, -0.25) is 14.4 Å². The van der Waals surface area contributed by atoms with Crippen LogP contribution in [0.5, 0.6) is 0 Å². The normalized spacial score (nSPS) is 40.7. The zero-order valence-electron chi connectivity index (χ0n) is 35.2. The number of hydrogen-bond donors (Lipinski definition) is 3. The first-order chi connectivity index (χ1) is 26.6. The second kappa shape index (κ2) is 21.1. The molecule has 4 rings (SSSR count). The number of hydrogen-bond acceptors (Lipinski definition) is 11. The third-order valence-electron chi connectivity index (χ3n) is 13.0. The SMILES string of the molecule is C=CCC1=CC(C)CC(C)C[C@H](OC)[C@@H]2C[C@@H](OC)[C@@H](C)[C@@](O)(O2)C(=O)C(=O)N2CCCCC2CO[C@H](C(C)=CC2CC[C@@H](O)[C@H](OC)C2)[C@H](C)[C@@H](O)CC1=O. The lowest BCUT2D eigenvalue weighted by atomic mass is 9.81. The van der Waals surface area contributed by atoms with Crippen LogP contribution in [0.4, 0.5) is 0 Å². The van der Waals surface area contributed by atoms with Crippen LogP contribution in [0.1, 0.15) is 105 Å². The smallest absolute Gasteiger partial charge is 0.296 e. The lowest BCUT2D eigenvalue weighted by Gasteiger charge is -2.47. The van der Waals surface area contributed by atoms with Crippen molar-refractivity contribution in [1.29, 1.82) is 0 Å². The van der Waals surface area contributed by atoms with E-state index in [0.29, 0.717) is 63.5 Å². The monoisotopic (exact) mass is 790 g/mol. The van der Waals surface area contributed by atoms with Crippen molar-refractivity contribution in [2.24, 2.45) is 29.6 Å². The molecule has 1 saturated carbocycles. The van der Waals surface area contributed by atoms with Gasteiger partial charge in [0, 0.05) is 52.6 Å². The molecule has 2 saturated heterocycles. The van der Waals surface area contributed by atoms with Crippen molar-refractivity contribution < 1.29 is 53.4 Å². The van der Waals surface area contributed by atoms with E-state index >= 15 is 0 Å². The van der Waals surface area contributed by atoms with Crippen LogP contribution in [-0.4, -0.2) is 127 Å². The van der Waals surface area contributed by atoms with Crippen molar-refractivity contribution in [1.82, 2.24) is 4.90 Å². The van der Waals surface area contributed by atoms with Gasteiger partial charge in [-0.15, -0.1) is 6.58 Å². The summed E-state index contributed by atoms with van der Waals surface area (Å²) in [6.07, 6.45) is 7.48. The molecule has 12 heteroatoms. The molecule has 0 aromatic carbocycles. The average molecular weight is 790 g/mol. The molecule has 4 unspecified atom stereocenters. The first kappa shape index (κ1) is 46.4. The highest BCUT2D eigenvalue weighted by Gasteiger charge is 2.57. The van der Waals surface area contributed by atoms with Gasteiger partial charge < -0.3 is 43.9 Å². The molecule has 3 heterocycles. The number of Topliss-reactive ketones (excluding diaryl/α,β-unsaturated/α-hetero) is 2. The number of allylic oxidation sites excluding steroid dienone is 4. The Bertz CT molecular complexity index is 1400. The molecule has 0 radical (unpaired) electrons. The van der Waals surface area contributed by atoms with Crippen molar-refractivity contribution in [2.75, 3.05) is 34.5 Å². The predicted molar refractivity (Wildman–Crippen MR) is 212 cm³/mol. The first-order valence-corrected chi connectivity index (χ1v) is 20.9. The molecule has 0 aromatic rings. The molecule has 3 N–H and O–H groups in total. The van der Waals surface area contributed by atoms with Gasteiger partial charge in [-0.25, -0.2) is 0 Å². The molecule has 1 aliphatic carbocycles. The third-order valence-corrected chi connectivity index (χ3v) is 13.0. The minimum Gasteiger partial charge on any atom is -0.392 e. The Morgan fingerprint density at radius 1 is 0.929 bits per heavy atom. The number of methoxy groups -OCH3 is 3. The summed E-state index contributed by atoms with van der Waals surface area (Å²) in [7, 11) is 4.70. The molecule has 0 spiro atoms. The Balaban J connectivity index is 1.74. The zero-order chi connectivity index (χ0) is 41.3. The van der Waals surface area contributed by atoms with Gasteiger partial charge in [-0.2, -0.15) is 0 Å². The minimum atomic E-state index is -2.44. The van der Waals surface area contributed by atoms with Crippen molar-refractivity contribution in [3.63, 3.8) is 0 Å². The van der Waals surface area contributed by atoms with E-state index in [1.54, 1.807) is 27.2 Å². The molecule has 2 bridgehead atoms. The Morgan fingerprint density at radius 3 is 2.29 bits per heavy atom. The Hall–Kier alpha value is -2.29. The summed E-state index contributed by atoms with van der Waals surface area (Å²) >= 11 is 0. The number of ether oxygens (including phenoxy) is 5. The van der Waals surface area contributed by atoms with E-state index in [1.807, 2.05) is 19.9 Å². The highest BCUT2D eigenvalue weighted by molar-refractivity contribution is 6.38. The summed E-state index contributed by atoms with van der Waals surface area (Å²) in [6, 6.07) is -0.481. The summed E-state index contributed by atoms with van der Waals surface area (Å²) in [4.78, 5) is 43.9. The Morgan fingerprint density at radius 2 is 1.62 bits per heavy atom. The van der Waals surface area contributed by atoms with Crippen molar-refractivity contribution in [3.05, 3.63) is 36.0 Å². The number of nitrogens with zero attached hydrogens (tertiary/aromatic N) is 1. The van der Waals surface area contributed by atoms with Crippen LogP contribution >= 0.6 is 0 Å². The maximum absolute atomic E-state index is 14.3. The van der Waals surface area contributed by atoms with Crippen LogP contribution in [-0.2, 0) is 38.1 Å². The first-order valence-electron chi connectivity index (χ1n) is 20.9. The number of ketones is 2. The van der Waals surface area contributed by atoms with E-state index < -0.39 is 72.0 Å². The maximum atomic E-state index is 14.3. The van der Waals surface area contributed by atoms with Gasteiger partial charge in [0.1, 0.15) is 0 Å². The maximum Gasteiger partial charge on any atom is 0.296 e. The summed E-state index contributed by atoms with van der Waals surface area (Å²) in [5, 5.41) is 34.3. The lowest BCUT2D eigenvalue weighted by molar-refractivity contribution is -0.299. The van der Waals surface area contributed by atoms with Crippen molar-refractivity contribution >= 4 is 17.5 Å². The van der Waals surface area contributed by atoms with E-state index in [0.717, 1.165) is 18.4 Å². The van der Waals surface area contributed by atoms with E-state index in [-0.39, 0.29) is 42.7 Å². The molecular weight excluding hydrogens is 718 g/mol. The molecule has 14 atom stereocenters. The lowest BCUT2D eigenvalue weighted by Crippen LogP contribution is -2.64. The van der Waals surface area contributed by atoms with Crippen LogP contribution in [0.15, 0.2) is 36.0 Å². The number of carbonyl (C=O) groups is 3. The summed E-state index contributed by atoms with van der Waals surface area (Å²) in [6.45, 7) is 13.9. The molecule has 318 valence electrons. The third kappa shape index (κ3) is 11.3. The zero-order valence-corrected chi connectivity index (χ0v) is 35.2. The highest BCUT2D eigenvalue weighted by Crippen LogP contribution is 2.39. The standard InChI is InChI=1S/C44H71NO11/c1-10-13-32-19-26(2)18-27(3)20-39(54-9)40-24-37(52-7)30(6)44(51,56-40)42(49)43(50)45-17-12-11-14-33(45)25-55-41(29(5)35(47)23-36(32)48)28(4)21-31-15-16-34(46)38(22-31)53-8/h10,19,21,26-27,29-31,33-35,37-41,46-47,51H,1,11-18,20,22-25H2,2-9H3/t26?,27?,29-,30-,31?,33?,34-,35+,37-,38-,39+,40+,41-,44-/m1/s1. The number of aliphatic hydroxyl groups excluding tert-OH is 2. The fourth-order valence-corrected chi connectivity index (χ4v) is 9.59. The molecule has 0 aromatic heterocycles. The fourth-order valence-electron chi connectivity index (χ4n) is 9.59. The molecular formula is C44H71NO11. The van der Waals surface area contributed by atoms with Crippen LogP contribution in [0, 0.1) is 29.6 Å². The molecule has 4 aliphatic rings. The quantitative estimate of drug-likeness (QED) is 0.232. The second-order valence-corrected chi connectivity index (χ2v) is 17.3. The van der Waals surface area contributed by atoms with Gasteiger partial charge in [-0.05, 0) is 93.6 Å². The predicted octanol–water partition coefficient (Wildman–Crippen LogP) is 5.11. The number of aliphatic hydroxyl groups is 3. The van der Waals surface area contributed by atoms with Gasteiger partial charge in [-0.1, -0.05) is 45.9 Å². The van der Waals surface area contributed by atoms with E-state index in [9.17, 15) is 29.7 Å². The fraction of sp³-hybridized carbons (Fsp3) is 0.795. The topological polar surface area (TPSA) is 161 Å². The Labute approximate surface area is 335 Å². The molecule has 12 nitrogen and oxygen atoms in total. The number of rotatable bonds is 7. The van der Waals surface area contributed by atoms with Crippen molar-refractivity contribution in [2.45, 2.75) is 160 Å². The molecule has 3 aliphatic heterocycles.